The molecule has 1 saturated carbocycles. The van der Waals surface area contributed by atoms with Crippen molar-refractivity contribution in [3.05, 3.63) is 30.6 Å². The second-order valence-corrected chi connectivity index (χ2v) is 6.74. The second-order valence-electron chi connectivity index (χ2n) is 5.80. The van der Waals surface area contributed by atoms with Gasteiger partial charge in [0.1, 0.15) is 0 Å². The van der Waals surface area contributed by atoms with E-state index in [0.717, 1.165) is 30.1 Å². The summed E-state index contributed by atoms with van der Waals surface area (Å²) in [5.74, 6) is 0.713. The van der Waals surface area contributed by atoms with Gasteiger partial charge >= 0.3 is 0 Å². The first-order valence-electron chi connectivity index (χ1n) is 8.14. The molecule has 3 rings (SSSR count). The Hall–Kier alpha value is -1.49. The summed E-state index contributed by atoms with van der Waals surface area (Å²) in [6, 6.07) is 6.46. The van der Waals surface area contributed by atoms with Crippen LogP contribution in [0.2, 0.25) is 0 Å². The number of rotatable bonds is 5. The van der Waals surface area contributed by atoms with Gasteiger partial charge in [0.25, 0.3) is 0 Å². The zero-order valence-electron chi connectivity index (χ0n) is 13.1. The lowest BCUT2D eigenvalue weighted by atomic mass is 9.94. The van der Waals surface area contributed by atoms with Crippen LogP contribution in [0.5, 0.6) is 0 Å². The maximum absolute atomic E-state index is 12.6. The smallest absolute Gasteiger partial charge is 0.233 e. The monoisotopic (exact) mass is 317 g/mol. The van der Waals surface area contributed by atoms with Gasteiger partial charge in [-0.3, -0.25) is 9.20 Å². The van der Waals surface area contributed by atoms with Gasteiger partial charge in [0, 0.05) is 18.8 Å². The molecule has 2 aromatic heterocycles. The van der Waals surface area contributed by atoms with Crippen molar-refractivity contribution in [2.75, 3.05) is 12.3 Å². The van der Waals surface area contributed by atoms with Gasteiger partial charge in [-0.1, -0.05) is 37.1 Å². The molecule has 0 N–H and O–H groups in total. The fourth-order valence-corrected chi connectivity index (χ4v) is 4.12. The highest BCUT2D eigenvalue weighted by atomic mass is 32.2. The molecule has 0 aromatic carbocycles. The first-order chi connectivity index (χ1) is 10.8. The molecule has 0 unspecified atom stereocenters. The Morgan fingerprint density at radius 1 is 1.36 bits per heavy atom. The first-order valence-corrected chi connectivity index (χ1v) is 9.12. The fourth-order valence-electron chi connectivity index (χ4n) is 3.27. The van der Waals surface area contributed by atoms with Gasteiger partial charge in [-0.05, 0) is 31.9 Å². The van der Waals surface area contributed by atoms with Crippen molar-refractivity contribution in [3.8, 4) is 0 Å². The number of nitrogens with zero attached hydrogens (tertiary/aromatic N) is 3. The Morgan fingerprint density at radius 2 is 2.18 bits per heavy atom. The zero-order chi connectivity index (χ0) is 15.4. The zero-order valence-corrected chi connectivity index (χ0v) is 13.9. The van der Waals surface area contributed by atoms with E-state index in [1.807, 2.05) is 35.0 Å². The summed E-state index contributed by atoms with van der Waals surface area (Å²) in [7, 11) is 0. The normalized spacial score (nSPS) is 16.0. The van der Waals surface area contributed by atoms with Gasteiger partial charge in [-0.2, -0.15) is 0 Å². The average Bonchev–Trinajstić information content (AvgIpc) is 2.98. The molecule has 1 aliphatic rings. The predicted molar refractivity (Wildman–Crippen MR) is 90.2 cm³/mol. The lowest BCUT2D eigenvalue weighted by Crippen LogP contribution is -2.42. The molecule has 2 aromatic rings. The SMILES string of the molecule is CCN(C(=O)CSc1ncc2ccccn12)C1CCCCC1. The lowest BCUT2D eigenvalue weighted by Gasteiger charge is -2.33. The number of thioether (sulfide) groups is 1. The Morgan fingerprint density at radius 3 is 2.95 bits per heavy atom. The summed E-state index contributed by atoms with van der Waals surface area (Å²) < 4.78 is 2.04. The molecule has 0 aliphatic heterocycles. The van der Waals surface area contributed by atoms with Crippen molar-refractivity contribution in [3.63, 3.8) is 0 Å². The van der Waals surface area contributed by atoms with E-state index in [4.69, 9.17) is 0 Å². The fraction of sp³-hybridized carbons (Fsp3) is 0.529. The molecule has 0 atom stereocenters. The van der Waals surface area contributed by atoms with Gasteiger partial charge in [0.05, 0.1) is 17.5 Å². The van der Waals surface area contributed by atoms with Crippen molar-refractivity contribution in [1.82, 2.24) is 14.3 Å². The Balaban J connectivity index is 1.63. The molecule has 0 radical (unpaired) electrons. The lowest BCUT2D eigenvalue weighted by molar-refractivity contribution is -0.131. The molecular weight excluding hydrogens is 294 g/mol. The molecule has 22 heavy (non-hydrogen) atoms. The summed E-state index contributed by atoms with van der Waals surface area (Å²) in [6.45, 7) is 2.90. The van der Waals surface area contributed by atoms with E-state index in [9.17, 15) is 4.79 Å². The minimum absolute atomic E-state index is 0.243. The van der Waals surface area contributed by atoms with Crippen molar-refractivity contribution < 1.29 is 4.79 Å². The number of carbonyl (C=O) groups excluding carboxylic acids is 1. The highest BCUT2D eigenvalue weighted by Crippen LogP contribution is 2.24. The Bertz CT molecular complexity index is 634. The van der Waals surface area contributed by atoms with Gasteiger partial charge in [-0.25, -0.2) is 4.98 Å². The number of fused-ring (bicyclic) bond motifs is 1. The van der Waals surface area contributed by atoms with E-state index >= 15 is 0 Å². The summed E-state index contributed by atoms with van der Waals surface area (Å²) in [5, 5.41) is 0.892. The van der Waals surface area contributed by atoms with Crippen molar-refractivity contribution >= 4 is 23.2 Å². The van der Waals surface area contributed by atoms with Gasteiger partial charge in [0.2, 0.25) is 5.91 Å². The van der Waals surface area contributed by atoms with E-state index < -0.39 is 0 Å². The third-order valence-electron chi connectivity index (χ3n) is 4.41. The molecule has 0 spiro atoms. The van der Waals surface area contributed by atoms with Crippen molar-refractivity contribution in [2.45, 2.75) is 50.2 Å². The van der Waals surface area contributed by atoms with Crippen LogP contribution in [0.3, 0.4) is 0 Å². The van der Waals surface area contributed by atoms with Crippen LogP contribution in [-0.2, 0) is 4.79 Å². The third-order valence-corrected chi connectivity index (χ3v) is 5.36. The van der Waals surface area contributed by atoms with Gasteiger partial charge in [0.15, 0.2) is 5.16 Å². The number of pyridine rings is 1. The van der Waals surface area contributed by atoms with Gasteiger partial charge in [-0.15, -0.1) is 0 Å². The summed E-state index contributed by atoms with van der Waals surface area (Å²) in [4.78, 5) is 19.1. The molecule has 0 saturated heterocycles. The third kappa shape index (κ3) is 3.29. The summed E-state index contributed by atoms with van der Waals surface area (Å²) >= 11 is 1.53. The maximum Gasteiger partial charge on any atom is 0.233 e. The summed E-state index contributed by atoms with van der Waals surface area (Å²) in [5.41, 5.74) is 1.07. The van der Waals surface area contributed by atoms with Crippen LogP contribution in [0.25, 0.3) is 5.52 Å². The number of amides is 1. The molecular formula is C17H23N3OS. The maximum atomic E-state index is 12.6. The standard InChI is InChI=1S/C17H23N3OS/c1-2-19(14-8-4-3-5-9-14)16(21)13-22-17-18-12-15-10-6-7-11-20(15)17/h6-7,10-12,14H,2-5,8-9,13H2,1H3. The summed E-state index contributed by atoms with van der Waals surface area (Å²) in [6.07, 6.45) is 10.0. The molecule has 5 heteroatoms. The minimum atomic E-state index is 0.243. The molecule has 1 amide bonds. The van der Waals surface area contributed by atoms with Crippen LogP contribution in [0.1, 0.15) is 39.0 Å². The number of carbonyl (C=O) groups is 1. The number of aromatic nitrogens is 2. The van der Waals surface area contributed by atoms with E-state index in [0.29, 0.717) is 11.8 Å². The number of imidazole rings is 1. The van der Waals surface area contributed by atoms with Gasteiger partial charge < -0.3 is 4.90 Å². The Kier molecular flexibility index (Phi) is 5.03. The van der Waals surface area contributed by atoms with E-state index in [1.54, 1.807) is 0 Å². The van der Waals surface area contributed by atoms with Crippen molar-refractivity contribution in [2.24, 2.45) is 0 Å². The van der Waals surface area contributed by atoms with Crippen LogP contribution in [-0.4, -0.2) is 38.5 Å². The number of hydrogen-bond donors (Lipinski definition) is 0. The predicted octanol–water partition coefficient (Wildman–Crippen LogP) is 3.61. The first kappa shape index (κ1) is 15.4. The highest BCUT2D eigenvalue weighted by Gasteiger charge is 2.24. The van der Waals surface area contributed by atoms with E-state index in [1.165, 1.54) is 31.0 Å². The quantitative estimate of drug-likeness (QED) is 0.791. The number of hydrogen-bond acceptors (Lipinski definition) is 3. The molecule has 118 valence electrons. The highest BCUT2D eigenvalue weighted by molar-refractivity contribution is 7.99. The van der Waals surface area contributed by atoms with Crippen LogP contribution < -0.4 is 0 Å². The topological polar surface area (TPSA) is 37.6 Å². The molecule has 1 aliphatic carbocycles. The molecule has 4 nitrogen and oxygen atoms in total. The Labute approximate surface area is 135 Å². The largest absolute Gasteiger partial charge is 0.339 e. The second kappa shape index (κ2) is 7.18. The van der Waals surface area contributed by atoms with Crippen LogP contribution in [0.15, 0.2) is 35.7 Å². The van der Waals surface area contributed by atoms with Crippen LogP contribution >= 0.6 is 11.8 Å². The van der Waals surface area contributed by atoms with E-state index in [-0.39, 0.29) is 5.91 Å². The van der Waals surface area contributed by atoms with Crippen LogP contribution in [0.4, 0.5) is 0 Å². The van der Waals surface area contributed by atoms with Crippen LogP contribution in [0, 0.1) is 0 Å². The molecule has 0 bridgehead atoms. The van der Waals surface area contributed by atoms with Crippen molar-refractivity contribution in [1.29, 1.82) is 0 Å². The molecule has 1 fully saturated rings. The minimum Gasteiger partial charge on any atom is -0.339 e. The molecule has 2 heterocycles. The van der Waals surface area contributed by atoms with E-state index in [2.05, 4.69) is 16.8 Å². The average molecular weight is 317 g/mol.